The van der Waals surface area contributed by atoms with Gasteiger partial charge in [-0.1, -0.05) is 24.6 Å². The van der Waals surface area contributed by atoms with Gasteiger partial charge in [-0.2, -0.15) is 0 Å². The van der Waals surface area contributed by atoms with Crippen LogP contribution in [0, 0.1) is 0 Å². The van der Waals surface area contributed by atoms with Crippen molar-refractivity contribution in [1.82, 2.24) is 5.32 Å². The number of aliphatic imine (C=N–C) groups is 1. The van der Waals surface area contributed by atoms with Gasteiger partial charge in [0.25, 0.3) is 5.91 Å². The molecule has 0 bridgehead atoms. The quantitative estimate of drug-likeness (QED) is 0.860. The van der Waals surface area contributed by atoms with E-state index < -0.39 is 0 Å². The first kappa shape index (κ1) is 16.3. The van der Waals surface area contributed by atoms with Crippen LogP contribution in [0.15, 0.2) is 53.2 Å². The number of carbonyl (C=O) groups is 1. The van der Waals surface area contributed by atoms with Gasteiger partial charge in [0.15, 0.2) is 0 Å². The molecule has 5 heteroatoms. The molecule has 24 heavy (non-hydrogen) atoms. The second-order valence-electron chi connectivity index (χ2n) is 5.38. The van der Waals surface area contributed by atoms with E-state index in [9.17, 15) is 4.79 Å². The molecule has 122 valence electrons. The minimum absolute atomic E-state index is 0.214. The SMILES string of the molecule is CCc1cc(/C=C2/N=C(c3ccc(Cl)cc3)NC2=O)ccc1OC. The number of hydrogen-bond donors (Lipinski definition) is 1. The number of methoxy groups -OCH3 is 1. The molecule has 1 heterocycles. The highest BCUT2D eigenvalue weighted by Gasteiger charge is 2.21. The van der Waals surface area contributed by atoms with Crippen LogP contribution in [0.1, 0.15) is 23.6 Å². The third kappa shape index (κ3) is 3.34. The number of nitrogens with one attached hydrogen (secondary N) is 1. The molecule has 1 N–H and O–H groups in total. The van der Waals surface area contributed by atoms with Gasteiger partial charge in [0.05, 0.1) is 7.11 Å². The first-order valence-corrected chi connectivity index (χ1v) is 8.03. The van der Waals surface area contributed by atoms with E-state index >= 15 is 0 Å². The van der Waals surface area contributed by atoms with E-state index in [2.05, 4.69) is 17.2 Å². The van der Waals surface area contributed by atoms with Crippen LogP contribution in [0.3, 0.4) is 0 Å². The standard InChI is InChI=1S/C19H17ClN2O2/c1-3-13-10-12(4-9-17(13)24-2)11-16-19(23)22-18(21-16)14-5-7-15(20)8-6-14/h4-11H,3H2,1-2H3,(H,21,22,23)/b16-11+. The third-order valence-corrected chi connectivity index (χ3v) is 4.06. The normalized spacial score (nSPS) is 15.4. The number of halogens is 1. The predicted octanol–water partition coefficient (Wildman–Crippen LogP) is 3.83. The number of ether oxygens (including phenoxy) is 1. The maximum absolute atomic E-state index is 12.2. The van der Waals surface area contributed by atoms with Crippen molar-refractivity contribution < 1.29 is 9.53 Å². The van der Waals surface area contributed by atoms with Crippen LogP contribution in [0.5, 0.6) is 5.75 Å². The summed E-state index contributed by atoms with van der Waals surface area (Å²) < 4.78 is 5.33. The van der Waals surface area contributed by atoms with Crippen LogP contribution in [0.25, 0.3) is 6.08 Å². The molecule has 2 aromatic rings. The second-order valence-corrected chi connectivity index (χ2v) is 5.81. The van der Waals surface area contributed by atoms with Gasteiger partial charge in [0, 0.05) is 10.6 Å². The van der Waals surface area contributed by atoms with Gasteiger partial charge >= 0.3 is 0 Å². The molecule has 0 fully saturated rings. The maximum Gasteiger partial charge on any atom is 0.275 e. The smallest absolute Gasteiger partial charge is 0.275 e. The van der Waals surface area contributed by atoms with E-state index in [0.717, 1.165) is 28.9 Å². The average molecular weight is 341 g/mol. The molecule has 3 rings (SSSR count). The predicted molar refractivity (Wildman–Crippen MR) is 96.5 cm³/mol. The lowest BCUT2D eigenvalue weighted by atomic mass is 10.1. The van der Waals surface area contributed by atoms with Crippen LogP contribution >= 0.6 is 11.6 Å². The van der Waals surface area contributed by atoms with Gasteiger partial charge in [0.1, 0.15) is 17.3 Å². The Bertz CT molecular complexity index is 839. The van der Waals surface area contributed by atoms with Crippen molar-refractivity contribution in [1.29, 1.82) is 0 Å². The molecule has 1 aliphatic heterocycles. The molecule has 2 aromatic carbocycles. The Morgan fingerprint density at radius 1 is 1.21 bits per heavy atom. The molecule has 0 unspecified atom stereocenters. The largest absolute Gasteiger partial charge is 0.496 e. The summed E-state index contributed by atoms with van der Waals surface area (Å²) in [6.45, 7) is 2.06. The van der Waals surface area contributed by atoms with Crippen LogP contribution in [-0.2, 0) is 11.2 Å². The van der Waals surface area contributed by atoms with Gasteiger partial charge in [-0.15, -0.1) is 0 Å². The molecular weight excluding hydrogens is 324 g/mol. The maximum atomic E-state index is 12.2. The zero-order valence-corrected chi connectivity index (χ0v) is 14.2. The Balaban J connectivity index is 1.92. The number of amidine groups is 1. The second kappa shape index (κ2) is 6.89. The molecular formula is C19H17ClN2O2. The summed E-state index contributed by atoms with van der Waals surface area (Å²) in [5.74, 6) is 1.17. The monoisotopic (exact) mass is 340 g/mol. The number of aryl methyl sites for hydroxylation is 1. The summed E-state index contributed by atoms with van der Waals surface area (Å²) >= 11 is 5.89. The fourth-order valence-electron chi connectivity index (χ4n) is 2.54. The van der Waals surface area contributed by atoms with Crippen molar-refractivity contribution in [2.24, 2.45) is 4.99 Å². The molecule has 0 saturated heterocycles. The van der Waals surface area contributed by atoms with E-state index in [1.807, 2.05) is 30.3 Å². The Morgan fingerprint density at radius 2 is 1.96 bits per heavy atom. The van der Waals surface area contributed by atoms with E-state index in [0.29, 0.717) is 16.6 Å². The Kier molecular flexibility index (Phi) is 4.67. The molecule has 0 spiro atoms. The lowest BCUT2D eigenvalue weighted by molar-refractivity contribution is -0.115. The number of carbonyl (C=O) groups excluding carboxylic acids is 1. The summed E-state index contributed by atoms with van der Waals surface area (Å²) in [6.07, 6.45) is 2.63. The van der Waals surface area contributed by atoms with Crippen molar-refractivity contribution in [2.45, 2.75) is 13.3 Å². The van der Waals surface area contributed by atoms with Crippen molar-refractivity contribution in [2.75, 3.05) is 7.11 Å². The molecule has 0 saturated carbocycles. The van der Waals surface area contributed by atoms with E-state index in [-0.39, 0.29) is 5.91 Å². The van der Waals surface area contributed by atoms with Gasteiger partial charge in [-0.25, -0.2) is 4.99 Å². The van der Waals surface area contributed by atoms with Gasteiger partial charge in [-0.3, -0.25) is 4.79 Å². The van der Waals surface area contributed by atoms with E-state index in [1.54, 1.807) is 25.3 Å². The highest BCUT2D eigenvalue weighted by atomic mass is 35.5. The van der Waals surface area contributed by atoms with Crippen LogP contribution in [-0.4, -0.2) is 18.9 Å². The molecule has 0 atom stereocenters. The van der Waals surface area contributed by atoms with Crippen molar-refractivity contribution >= 4 is 29.4 Å². The fraction of sp³-hybridized carbons (Fsp3) is 0.158. The Morgan fingerprint density at radius 3 is 2.62 bits per heavy atom. The van der Waals surface area contributed by atoms with Gasteiger partial charge in [0.2, 0.25) is 0 Å². The third-order valence-electron chi connectivity index (χ3n) is 3.80. The number of amides is 1. The number of benzene rings is 2. The fourth-order valence-corrected chi connectivity index (χ4v) is 2.66. The first-order chi connectivity index (χ1) is 11.6. The lowest BCUT2D eigenvalue weighted by Gasteiger charge is -2.07. The van der Waals surface area contributed by atoms with Gasteiger partial charge in [-0.05, 0) is 60.0 Å². The number of hydrogen-bond acceptors (Lipinski definition) is 3. The first-order valence-electron chi connectivity index (χ1n) is 7.65. The molecule has 0 aliphatic carbocycles. The molecule has 4 nitrogen and oxygen atoms in total. The summed E-state index contributed by atoms with van der Waals surface area (Å²) in [5.41, 5.74) is 3.21. The molecule has 0 aromatic heterocycles. The average Bonchev–Trinajstić information content (AvgIpc) is 2.96. The number of nitrogens with zero attached hydrogens (tertiary/aromatic N) is 1. The number of rotatable bonds is 4. The van der Waals surface area contributed by atoms with Crippen molar-refractivity contribution in [3.63, 3.8) is 0 Å². The Labute approximate surface area is 145 Å². The lowest BCUT2D eigenvalue weighted by Crippen LogP contribution is -2.24. The molecule has 0 radical (unpaired) electrons. The van der Waals surface area contributed by atoms with Crippen molar-refractivity contribution in [3.05, 3.63) is 69.9 Å². The Hall–Kier alpha value is -2.59. The minimum atomic E-state index is -0.214. The summed E-state index contributed by atoms with van der Waals surface area (Å²) in [5, 5.41) is 3.43. The highest BCUT2D eigenvalue weighted by molar-refractivity contribution is 6.30. The zero-order chi connectivity index (χ0) is 17.1. The van der Waals surface area contributed by atoms with Crippen molar-refractivity contribution in [3.8, 4) is 5.75 Å². The van der Waals surface area contributed by atoms with Gasteiger partial charge < -0.3 is 10.1 Å². The van der Waals surface area contributed by atoms with E-state index in [1.165, 1.54) is 0 Å². The minimum Gasteiger partial charge on any atom is -0.496 e. The zero-order valence-electron chi connectivity index (χ0n) is 13.5. The molecule has 1 aliphatic rings. The summed E-state index contributed by atoms with van der Waals surface area (Å²) in [6, 6.07) is 13.0. The topological polar surface area (TPSA) is 50.7 Å². The molecule has 1 amide bonds. The van der Waals surface area contributed by atoms with Crippen LogP contribution < -0.4 is 10.1 Å². The van der Waals surface area contributed by atoms with E-state index in [4.69, 9.17) is 16.3 Å². The highest BCUT2D eigenvalue weighted by Crippen LogP contribution is 2.23. The van der Waals surface area contributed by atoms with Crippen LogP contribution in [0.4, 0.5) is 0 Å². The summed E-state index contributed by atoms with van der Waals surface area (Å²) in [4.78, 5) is 16.6. The summed E-state index contributed by atoms with van der Waals surface area (Å²) in [7, 11) is 1.65. The van der Waals surface area contributed by atoms with Crippen LogP contribution in [0.2, 0.25) is 5.02 Å².